The fourth-order valence-corrected chi connectivity index (χ4v) is 3.53. The van der Waals surface area contributed by atoms with Crippen molar-refractivity contribution in [1.29, 1.82) is 0 Å². The van der Waals surface area contributed by atoms with Crippen LogP contribution in [-0.2, 0) is 6.42 Å². The second-order valence-electron chi connectivity index (χ2n) is 6.49. The van der Waals surface area contributed by atoms with E-state index in [0.29, 0.717) is 0 Å². The van der Waals surface area contributed by atoms with Crippen LogP contribution < -0.4 is 5.32 Å². The predicted octanol–water partition coefficient (Wildman–Crippen LogP) is 3.86. The summed E-state index contributed by atoms with van der Waals surface area (Å²) in [5.74, 6) is 0. The molecule has 0 saturated heterocycles. The molecule has 0 heterocycles. The summed E-state index contributed by atoms with van der Waals surface area (Å²) in [7, 11) is 2.32. The third-order valence-electron chi connectivity index (χ3n) is 4.88. The molecule has 1 fully saturated rings. The fraction of sp³-hybridized carbons (Fsp3) is 0.684. The lowest BCUT2D eigenvalue weighted by molar-refractivity contribution is 0.172. The molecule has 1 aliphatic carbocycles. The van der Waals surface area contributed by atoms with Crippen LogP contribution in [0.1, 0.15) is 51.0 Å². The molecule has 2 heteroatoms. The first-order chi connectivity index (χ1) is 10.3. The molecule has 0 amide bonds. The number of nitrogens with one attached hydrogen (secondary N) is 1. The number of aryl methyl sites for hydroxylation is 1. The van der Waals surface area contributed by atoms with Gasteiger partial charge in [-0.3, -0.25) is 0 Å². The maximum absolute atomic E-state index is 3.60. The Kier molecular flexibility index (Phi) is 7.25. The van der Waals surface area contributed by atoms with Gasteiger partial charge >= 0.3 is 0 Å². The molecule has 118 valence electrons. The van der Waals surface area contributed by atoms with Gasteiger partial charge in [0.15, 0.2) is 0 Å². The van der Waals surface area contributed by atoms with Crippen molar-refractivity contribution < 1.29 is 0 Å². The van der Waals surface area contributed by atoms with Gasteiger partial charge in [0.25, 0.3) is 0 Å². The van der Waals surface area contributed by atoms with Crippen molar-refractivity contribution in [2.75, 3.05) is 20.1 Å². The summed E-state index contributed by atoms with van der Waals surface area (Å²) >= 11 is 0. The molecule has 1 aliphatic rings. The predicted molar refractivity (Wildman–Crippen MR) is 91.7 cm³/mol. The van der Waals surface area contributed by atoms with Crippen molar-refractivity contribution in [3.63, 3.8) is 0 Å². The standard InChI is InChI=1S/C19H32N2/c1-3-20-18-12-14-19(15-13-18)21(2)16-8-7-11-17-9-5-4-6-10-17/h4-6,9-10,18-20H,3,7-8,11-16H2,1-2H3. The van der Waals surface area contributed by atoms with Crippen molar-refractivity contribution in [3.8, 4) is 0 Å². The lowest BCUT2D eigenvalue weighted by Gasteiger charge is -2.35. The molecule has 0 atom stereocenters. The average Bonchev–Trinajstić information content (AvgIpc) is 2.53. The number of hydrogen-bond acceptors (Lipinski definition) is 2. The van der Waals surface area contributed by atoms with Crippen LogP contribution in [0.15, 0.2) is 30.3 Å². The molecule has 2 rings (SSSR count). The fourth-order valence-electron chi connectivity index (χ4n) is 3.53. The summed E-state index contributed by atoms with van der Waals surface area (Å²) in [6.07, 6.45) is 9.29. The van der Waals surface area contributed by atoms with Gasteiger partial charge in [0.05, 0.1) is 0 Å². The molecule has 1 aromatic carbocycles. The Morgan fingerprint density at radius 2 is 1.76 bits per heavy atom. The summed E-state index contributed by atoms with van der Waals surface area (Å²) in [5, 5.41) is 3.60. The first-order valence-electron chi connectivity index (χ1n) is 8.77. The molecule has 21 heavy (non-hydrogen) atoms. The number of nitrogens with zero attached hydrogens (tertiary/aromatic N) is 1. The van der Waals surface area contributed by atoms with E-state index in [2.05, 4.69) is 54.5 Å². The van der Waals surface area contributed by atoms with Gasteiger partial charge in [0.1, 0.15) is 0 Å². The highest BCUT2D eigenvalue weighted by Gasteiger charge is 2.22. The van der Waals surface area contributed by atoms with E-state index in [0.717, 1.165) is 18.6 Å². The minimum Gasteiger partial charge on any atom is -0.314 e. The van der Waals surface area contributed by atoms with Crippen LogP contribution in [0.2, 0.25) is 0 Å². The van der Waals surface area contributed by atoms with Crippen LogP contribution in [0.4, 0.5) is 0 Å². The second-order valence-corrected chi connectivity index (χ2v) is 6.49. The van der Waals surface area contributed by atoms with Crippen LogP contribution in [0, 0.1) is 0 Å². The summed E-state index contributed by atoms with van der Waals surface area (Å²) in [4.78, 5) is 2.60. The van der Waals surface area contributed by atoms with E-state index in [-0.39, 0.29) is 0 Å². The van der Waals surface area contributed by atoms with Gasteiger partial charge < -0.3 is 10.2 Å². The minimum atomic E-state index is 0.776. The van der Waals surface area contributed by atoms with E-state index in [1.54, 1.807) is 0 Å². The summed E-state index contributed by atoms with van der Waals surface area (Å²) < 4.78 is 0. The number of hydrogen-bond donors (Lipinski definition) is 1. The highest BCUT2D eigenvalue weighted by Crippen LogP contribution is 2.22. The third kappa shape index (κ3) is 5.80. The highest BCUT2D eigenvalue weighted by atomic mass is 15.1. The van der Waals surface area contributed by atoms with Gasteiger partial charge in [-0.2, -0.15) is 0 Å². The maximum Gasteiger partial charge on any atom is 0.00933 e. The molecule has 0 radical (unpaired) electrons. The van der Waals surface area contributed by atoms with E-state index in [1.807, 2.05) is 0 Å². The van der Waals surface area contributed by atoms with Gasteiger partial charge in [0.2, 0.25) is 0 Å². The van der Waals surface area contributed by atoms with Gasteiger partial charge in [0, 0.05) is 12.1 Å². The normalized spacial score (nSPS) is 22.6. The van der Waals surface area contributed by atoms with Crippen LogP contribution >= 0.6 is 0 Å². The Hall–Kier alpha value is -0.860. The van der Waals surface area contributed by atoms with Gasteiger partial charge in [-0.25, -0.2) is 0 Å². The van der Waals surface area contributed by atoms with Crippen molar-refractivity contribution in [2.45, 2.75) is 64.0 Å². The maximum atomic E-state index is 3.60. The Morgan fingerprint density at radius 1 is 1.05 bits per heavy atom. The van der Waals surface area contributed by atoms with Crippen LogP contribution in [0.5, 0.6) is 0 Å². The van der Waals surface area contributed by atoms with Crippen molar-refractivity contribution in [2.24, 2.45) is 0 Å². The van der Waals surface area contributed by atoms with Crippen LogP contribution in [0.25, 0.3) is 0 Å². The highest BCUT2D eigenvalue weighted by molar-refractivity contribution is 5.14. The van der Waals surface area contributed by atoms with E-state index in [1.165, 1.54) is 57.1 Å². The summed E-state index contributed by atoms with van der Waals surface area (Å²) in [6, 6.07) is 12.5. The third-order valence-corrected chi connectivity index (χ3v) is 4.88. The second kappa shape index (κ2) is 9.22. The van der Waals surface area contributed by atoms with Crippen molar-refractivity contribution in [1.82, 2.24) is 10.2 Å². The van der Waals surface area contributed by atoms with Crippen molar-refractivity contribution >= 4 is 0 Å². The largest absolute Gasteiger partial charge is 0.314 e. The first-order valence-corrected chi connectivity index (χ1v) is 8.77. The Balaban J connectivity index is 1.58. The zero-order valence-electron chi connectivity index (χ0n) is 13.9. The van der Waals surface area contributed by atoms with E-state index in [9.17, 15) is 0 Å². The Labute approximate surface area is 130 Å². The van der Waals surface area contributed by atoms with Gasteiger partial charge in [-0.1, -0.05) is 37.3 Å². The molecule has 2 nitrogen and oxygen atoms in total. The Morgan fingerprint density at radius 3 is 2.43 bits per heavy atom. The summed E-state index contributed by atoms with van der Waals surface area (Å²) in [6.45, 7) is 4.58. The molecule has 0 unspecified atom stereocenters. The molecular formula is C19H32N2. The molecule has 0 bridgehead atoms. The molecule has 0 aliphatic heterocycles. The number of benzene rings is 1. The smallest absolute Gasteiger partial charge is 0.00933 e. The molecular weight excluding hydrogens is 256 g/mol. The molecule has 1 N–H and O–H groups in total. The Bertz CT molecular complexity index is 368. The average molecular weight is 288 g/mol. The number of rotatable bonds is 8. The molecule has 0 aromatic heterocycles. The van der Waals surface area contributed by atoms with E-state index in [4.69, 9.17) is 0 Å². The minimum absolute atomic E-state index is 0.776. The molecule has 1 aromatic rings. The molecule has 1 saturated carbocycles. The number of unbranched alkanes of at least 4 members (excludes halogenated alkanes) is 1. The first kappa shape index (κ1) is 16.5. The van der Waals surface area contributed by atoms with Crippen LogP contribution in [0.3, 0.4) is 0 Å². The zero-order valence-corrected chi connectivity index (χ0v) is 13.9. The topological polar surface area (TPSA) is 15.3 Å². The van der Waals surface area contributed by atoms with E-state index < -0.39 is 0 Å². The quantitative estimate of drug-likeness (QED) is 0.731. The van der Waals surface area contributed by atoms with Crippen LogP contribution in [-0.4, -0.2) is 37.1 Å². The summed E-state index contributed by atoms with van der Waals surface area (Å²) in [5.41, 5.74) is 1.48. The van der Waals surface area contributed by atoms with Crippen molar-refractivity contribution in [3.05, 3.63) is 35.9 Å². The SMILES string of the molecule is CCNC1CCC(N(C)CCCCc2ccccc2)CC1. The van der Waals surface area contributed by atoms with Gasteiger partial charge in [-0.15, -0.1) is 0 Å². The van der Waals surface area contributed by atoms with E-state index >= 15 is 0 Å². The lowest BCUT2D eigenvalue weighted by Crippen LogP contribution is -2.41. The molecule has 0 spiro atoms. The zero-order chi connectivity index (χ0) is 14.9. The van der Waals surface area contributed by atoms with Gasteiger partial charge in [-0.05, 0) is 70.6 Å². The lowest BCUT2D eigenvalue weighted by atomic mass is 9.90. The monoisotopic (exact) mass is 288 g/mol.